The first-order chi connectivity index (χ1) is 17.2. The number of hydrogen-bond acceptors (Lipinski definition) is 4. The molecule has 0 aromatic heterocycles. The van der Waals surface area contributed by atoms with Crippen molar-refractivity contribution in [3.05, 3.63) is 64.6 Å². The molecule has 2 amide bonds. The van der Waals surface area contributed by atoms with E-state index >= 15 is 0 Å². The Balaban J connectivity index is 1.86. The molecule has 0 aliphatic heterocycles. The summed E-state index contributed by atoms with van der Waals surface area (Å²) >= 11 is 3.40. The number of nitrogens with one attached hydrogen (secondary N) is 1. The van der Waals surface area contributed by atoms with Crippen molar-refractivity contribution in [2.45, 2.75) is 64.0 Å². The monoisotopic (exact) mass is 577 g/mol. The third-order valence-corrected chi connectivity index (χ3v) is 8.42. The lowest BCUT2D eigenvalue weighted by Crippen LogP contribution is -2.54. The fourth-order valence-corrected chi connectivity index (χ4v) is 6.17. The number of anilines is 1. The highest BCUT2D eigenvalue weighted by Crippen LogP contribution is 2.28. The molecule has 2 aromatic rings. The van der Waals surface area contributed by atoms with Crippen LogP contribution in [-0.2, 0) is 26.0 Å². The van der Waals surface area contributed by atoms with Gasteiger partial charge in [0.25, 0.3) is 0 Å². The van der Waals surface area contributed by atoms with Gasteiger partial charge in [0, 0.05) is 17.1 Å². The number of benzene rings is 2. The Bertz CT molecular complexity index is 1120. The number of hydrogen-bond donors (Lipinski definition) is 1. The van der Waals surface area contributed by atoms with Crippen LogP contribution in [0.4, 0.5) is 5.69 Å². The largest absolute Gasteiger partial charge is 0.352 e. The van der Waals surface area contributed by atoms with Crippen molar-refractivity contribution in [2.75, 3.05) is 23.7 Å². The molecule has 0 bridgehead atoms. The Morgan fingerprint density at radius 3 is 2.28 bits per heavy atom. The maximum Gasteiger partial charge on any atom is 0.244 e. The first kappa shape index (κ1) is 28.2. The van der Waals surface area contributed by atoms with Crippen LogP contribution in [0, 0.1) is 0 Å². The number of para-hydroxylation sites is 1. The third kappa shape index (κ3) is 7.80. The Kier molecular flexibility index (Phi) is 10.4. The SMILES string of the molecule is CCC(C(=O)NC1CCCCC1)N(CCc1ccccc1)C(=O)CN(c1ccccc1Br)S(C)(=O)=O. The van der Waals surface area contributed by atoms with Gasteiger partial charge in [0.05, 0.1) is 11.9 Å². The van der Waals surface area contributed by atoms with Crippen LogP contribution in [0.15, 0.2) is 59.1 Å². The lowest BCUT2D eigenvalue weighted by Gasteiger charge is -2.34. The fourth-order valence-electron chi connectivity index (χ4n) is 4.69. The number of amides is 2. The topological polar surface area (TPSA) is 86.8 Å². The van der Waals surface area contributed by atoms with E-state index in [4.69, 9.17) is 0 Å². The molecular formula is C27H36BrN3O4S. The molecule has 7 nitrogen and oxygen atoms in total. The summed E-state index contributed by atoms with van der Waals surface area (Å²) in [4.78, 5) is 28.6. The lowest BCUT2D eigenvalue weighted by atomic mass is 9.95. The van der Waals surface area contributed by atoms with Gasteiger partial charge in [-0.3, -0.25) is 13.9 Å². The van der Waals surface area contributed by atoms with Crippen LogP contribution in [0.2, 0.25) is 0 Å². The second-order valence-corrected chi connectivity index (χ2v) is 12.1. The predicted octanol–water partition coefficient (Wildman–Crippen LogP) is 4.51. The van der Waals surface area contributed by atoms with E-state index in [9.17, 15) is 18.0 Å². The van der Waals surface area contributed by atoms with E-state index in [1.165, 1.54) is 6.42 Å². The van der Waals surface area contributed by atoms with Gasteiger partial charge in [-0.25, -0.2) is 8.42 Å². The summed E-state index contributed by atoms with van der Waals surface area (Å²) in [5, 5.41) is 3.16. The number of nitrogens with zero attached hydrogens (tertiary/aromatic N) is 2. The Hall–Kier alpha value is -2.39. The summed E-state index contributed by atoms with van der Waals surface area (Å²) in [6, 6.07) is 16.1. The Labute approximate surface area is 223 Å². The maximum absolute atomic E-state index is 13.7. The van der Waals surface area contributed by atoms with Crippen molar-refractivity contribution >= 4 is 43.5 Å². The van der Waals surface area contributed by atoms with Gasteiger partial charge in [-0.05, 0) is 59.3 Å². The average molecular weight is 579 g/mol. The standard InChI is InChI=1S/C27H36BrN3O4S/c1-3-24(27(33)29-22-14-8-5-9-15-22)30(19-18-21-12-6-4-7-13-21)26(32)20-31(36(2,34)35)25-17-11-10-16-23(25)28/h4,6-7,10-13,16-17,22,24H,3,5,8-9,14-15,18-20H2,1-2H3,(H,29,33). The van der Waals surface area contributed by atoms with E-state index in [0.717, 1.165) is 41.8 Å². The number of carbonyl (C=O) groups is 2. The summed E-state index contributed by atoms with van der Waals surface area (Å²) in [6.45, 7) is 1.81. The number of carbonyl (C=O) groups excluding carboxylic acids is 2. The Morgan fingerprint density at radius 1 is 1.03 bits per heavy atom. The first-order valence-electron chi connectivity index (χ1n) is 12.6. The van der Waals surface area contributed by atoms with Crippen LogP contribution in [0.25, 0.3) is 0 Å². The van der Waals surface area contributed by atoms with Gasteiger partial charge in [0.1, 0.15) is 12.6 Å². The second-order valence-electron chi connectivity index (χ2n) is 9.31. The van der Waals surface area contributed by atoms with Gasteiger partial charge in [0.2, 0.25) is 21.8 Å². The number of sulfonamides is 1. The quantitative estimate of drug-likeness (QED) is 0.425. The number of rotatable bonds is 11. The smallest absolute Gasteiger partial charge is 0.244 e. The zero-order valence-corrected chi connectivity index (χ0v) is 23.4. The highest BCUT2D eigenvalue weighted by molar-refractivity contribution is 9.10. The van der Waals surface area contributed by atoms with E-state index in [1.807, 2.05) is 37.3 Å². The summed E-state index contributed by atoms with van der Waals surface area (Å²) < 4.78 is 27.1. The molecule has 0 radical (unpaired) electrons. The maximum atomic E-state index is 13.7. The van der Waals surface area contributed by atoms with Crippen molar-refractivity contribution in [3.8, 4) is 0 Å². The third-order valence-electron chi connectivity index (χ3n) is 6.62. The summed E-state index contributed by atoms with van der Waals surface area (Å²) in [6.07, 6.45) is 7.35. The molecule has 1 aliphatic carbocycles. The van der Waals surface area contributed by atoms with Crippen molar-refractivity contribution in [1.82, 2.24) is 10.2 Å². The molecule has 3 rings (SSSR count). The van der Waals surface area contributed by atoms with Gasteiger partial charge < -0.3 is 10.2 Å². The highest BCUT2D eigenvalue weighted by atomic mass is 79.9. The minimum atomic E-state index is -3.76. The fraction of sp³-hybridized carbons (Fsp3) is 0.481. The molecule has 36 heavy (non-hydrogen) atoms. The molecule has 196 valence electrons. The Morgan fingerprint density at radius 2 is 1.67 bits per heavy atom. The molecular weight excluding hydrogens is 542 g/mol. The van der Waals surface area contributed by atoms with Crippen molar-refractivity contribution in [1.29, 1.82) is 0 Å². The molecule has 0 heterocycles. The van der Waals surface area contributed by atoms with E-state index < -0.39 is 22.0 Å². The molecule has 1 N–H and O–H groups in total. The number of halogens is 1. The molecule has 9 heteroatoms. The van der Waals surface area contributed by atoms with E-state index in [1.54, 1.807) is 29.2 Å². The van der Waals surface area contributed by atoms with Crippen LogP contribution in [0.1, 0.15) is 51.0 Å². The lowest BCUT2D eigenvalue weighted by molar-refractivity contribution is -0.140. The molecule has 1 aliphatic rings. The normalized spacial score (nSPS) is 15.2. The molecule has 2 aromatic carbocycles. The summed E-state index contributed by atoms with van der Waals surface area (Å²) in [7, 11) is -3.76. The van der Waals surface area contributed by atoms with E-state index in [2.05, 4.69) is 21.2 Å². The minimum Gasteiger partial charge on any atom is -0.352 e. The molecule has 0 saturated heterocycles. The zero-order chi connectivity index (χ0) is 26.1. The van der Waals surface area contributed by atoms with Crippen LogP contribution < -0.4 is 9.62 Å². The van der Waals surface area contributed by atoms with Crippen LogP contribution >= 0.6 is 15.9 Å². The van der Waals surface area contributed by atoms with Crippen molar-refractivity contribution < 1.29 is 18.0 Å². The van der Waals surface area contributed by atoms with Crippen molar-refractivity contribution in [2.24, 2.45) is 0 Å². The molecule has 1 fully saturated rings. The molecule has 0 spiro atoms. The molecule has 1 atom stereocenters. The minimum absolute atomic E-state index is 0.124. The average Bonchev–Trinajstić information content (AvgIpc) is 2.86. The van der Waals surface area contributed by atoms with Gasteiger partial charge in [-0.2, -0.15) is 0 Å². The predicted molar refractivity (Wildman–Crippen MR) is 147 cm³/mol. The van der Waals surface area contributed by atoms with E-state index in [-0.39, 0.29) is 18.5 Å². The van der Waals surface area contributed by atoms with Crippen LogP contribution in [-0.4, -0.2) is 56.6 Å². The van der Waals surface area contributed by atoms with Gasteiger partial charge in [0.15, 0.2) is 0 Å². The molecule has 1 saturated carbocycles. The highest BCUT2D eigenvalue weighted by Gasteiger charge is 2.32. The first-order valence-corrected chi connectivity index (χ1v) is 15.2. The zero-order valence-electron chi connectivity index (χ0n) is 21.0. The van der Waals surface area contributed by atoms with Gasteiger partial charge in [-0.15, -0.1) is 0 Å². The van der Waals surface area contributed by atoms with Crippen LogP contribution in [0.5, 0.6) is 0 Å². The second kappa shape index (κ2) is 13.2. The van der Waals surface area contributed by atoms with Crippen LogP contribution in [0.3, 0.4) is 0 Å². The van der Waals surface area contributed by atoms with E-state index in [0.29, 0.717) is 29.5 Å². The summed E-state index contributed by atoms with van der Waals surface area (Å²) in [5.74, 6) is -0.574. The van der Waals surface area contributed by atoms with Crippen molar-refractivity contribution in [3.63, 3.8) is 0 Å². The van der Waals surface area contributed by atoms with Gasteiger partial charge in [-0.1, -0.05) is 68.7 Å². The summed E-state index contributed by atoms with van der Waals surface area (Å²) in [5.41, 5.74) is 1.43. The van der Waals surface area contributed by atoms with Gasteiger partial charge >= 0.3 is 0 Å². The molecule has 1 unspecified atom stereocenters.